The molecule has 1 aromatic heterocycles. The van der Waals surface area contributed by atoms with E-state index in [9.17, 15) is 5.11 Å². The van der Waals surface area contributed by atoms with E-state index in [1.807, 2.05) is 38.3 Å². The molecule has 0 spiro atoms. The van der Waals surface area contributed by atoms with E-state index in [1.165, 1.54) is 0 Å². The molecule has 114 valence electrons. The number of benzene rings is 1. The van der Waals surface area contributed by atoms with Crippen molar-refractivity contribution < 1.29 is 9.84 Å². The number of nitrogens with zero attached hydrogens (tertiary/aromatic N) is 1. The van der Waals surface area contributed by atoms with Crippen LogP contribution in [0.3, 0.4) is 0 Å². The first kappa shape index (κ1) is 15.9. The lowest BCUT2D eigenvalue weighted by atomic mass is 10.1. The van der Waals surface area contributed by atoms with Gasteiger partial charge in [0, 0.05) is 24.2 Å². The van der Waals surface area contributed by atoms with E-state index < -0.39 is 6.10 Å². The van der Waals surface area contributed by atoms with Gasteiger partial charge in [0.1, 0.15) is 23.5 Å². The van der Waals surface area contributed by atoms with E-state index >= 15 is 0 Å². The van der Waals surface area contributed by atoms with Gasteiger partial charge in [0.15, 0.2) is 0 Å². The third-order valence-electron chi connectivity index (χ3n) is 3.10. The average molecular weight is 306 g/mol. The summed E-state index contributed by atoms with van der Waals surface area (Å²) in [5, 5.41) is 16.2. The van der Waals surface area contributed by atoms with Gasteiger partial charge in [-0.2, -0.15) is 0 Å². The maximum absolute atomic E-state index is 9.95. The van der Waals surface area contributed by atoms with E-state index in [-0.39, 0.29) is 6.61 Å². The number of thiazole rings is 1. The Morgan fingerprint density at radius 2 is 2.14 bits per heavy atom. The van der Waals surface area contributed by atoms with Gasteiger partial charge in [-0.05, 0) is 38.0 Å². The fraction of sp³-hybridized carbons (Fsp3) is 0.438. The van der Waals surface area contributed by atoms with Gasteiger partial charge >= 0.3 is 0 Å². The van der Waals surface area contributed by atoms with Crippen molar-refractivity contribution in [3.8, 4) is 5.75 Å². The van der Waals surface area contributed by atoms with E-state index in [4.69, 9.17) is 4.74 Å². The van der Waals surface area contributed by atoms with Gasteiger partial charge in [-0.15, -0.1) is 11.3 Å². The number of nitrogens with one attached hydrogen (secondary N) is 1. The van der Waals surface area contributed by atoms with Crippen LogP contribution in [0.5, 0.6) is 5.75 Å². The van der Waals surface area contributed by atoms with Gasteiger partial charge < -0.3 is 15.2 Å². The molecule has 0 radical (unpaired) electrons. The molecule has 2 aromatic rings. The van der Waals surface area contributed by atoms with Gasteiger partial charge in [-0.25, -0.2) is 4.98 Å². The zero-order valence-electron chi connectivity index (χ0n) is 12.7. The molecule has 0 saturated carbocycles. The molecule has 0 bridgehead atoms. The SMILES string of the molecule is Cc1ccc(C)c(OCC(O)CNCc2nc(C)cs2)c1. The molecule has 0 aliphatic heterocycles. The molecule has 21 heavy (non-hydrogen) atoms. The zero-order chi connectivity index (χ0) is 15.2. The van der Waals surface area contributed by atoms with Crippen LogP contribution in [-0.2, 0) is 6.54 Å². The van der Waals surface area contributed by atoms with Crippen LogP contribution in [0.2, 0.25) is 0 Å². The number of aromatic nitrogens is 1. The van der Waals surface area contributed by atoms with Crippen LogP contribution in [-0.4, -0.2) is 29.3 Å². The first-order valence-electron chi connectivity index (χ1n) is 7.04. The lowest BCUT2D eigenvalue weighted by Gasteiger charge is -2.14. The van der Waals surface area contributed by atoms with Gasteiger partial charge in [-0.1, -0.05) is 12.1 Å². The lowest BCUT2D eigenvalue weighted by Crippen LogP contribution is -2.31. The number of aliphatic hydroxyl groups is 1. The number of hydrogen-bond acceptors (Lipinski definition) is 5. The summed E-state index contributed by atoms with van der Waals surface area (Å²) in [5.74, 6) is 0.838. The number of aliphatic hydroxyl groups excluding tert-OH is 1. The Hall–Kier alpha value is -1.43. The zero-order valence-corrected chi connectivity index (χ0v) is 13.5. The Morgan fingerprint density at radius 1 is 1.33 bits per heavy atom. The Balaban J connectivity index is 1.72. The molecular formula is C16H22N2O2S. The van der Waals surface area contributed by atoms with Crippen LogP contribution >= 0.6 is 11.3 Å². The third-order valence-corrected chi connectivity index (χ3v) is 4.06. The topological polar surface area (TPSA) is 54.4 Å². The van der Waals surface area contributed by atoms with Gasteiger partial charge in [0.2, 0.25) is 0 Å². The second-order valence-electron chi connectivity index (χ2n) is 5.25. The second kappa shape index (κ2) is 7.54. The van der Waals surface area contributed by atoms with Crippen molar-refractivity contribution in [2.75, 3.05) is 13.2 Å². The molecule has 0 fully saturated rings. The van der Waals surface area contributed by atoms with Crippen LogP contribution < -0.4 is 10.1 Å². The van der Waals surface area contributed by atoms with E-state index in [2.05, 4.69) is 16.4 Å². The maximum Gasteiger partial charge on any atom is 0.122 e. The predicted molar refractivity (Wildman–Crippen MR) is 86.0 cm³/mol. The highest BCUT2D eigenvalue weighted by atomic mass is 32.1. The van der Waals surface area contributed by atoms with Crippen LogP contribution in [0.15, 0.2) is 23.6 Å². The van der Waals surface area contributed by atoms with E-state index in [1.54, 1.807) is 11.3 Å². The molecule has 4 nitrogen and oxygen atoms in total. The smallest absolute Gasteiger partial charge is 0.122 e. The Kier molecular flexibility index (Phi) is 5.73. The largest absolute Gasteiger partial charge is 0.491 e. The van der Waals surface area contributed by atoms with Crippen LogP contribution in [0.1, 0.15) is 21.8 Å². The van der Waals surface area contributed by atoms with Crippen molar-refractivity contribution >= 4 is 11.3 Å². The van der Waals surface area contributed by atoms with E-state index in [0.717, 1.165) is 27.6 Å². The Labute approximate surface area is 129 Å². The molecule has 1 heterocycles. The molecule has 0 aliphatic rings. The molecule has 1 aromatic carbocycles. The molecule has 1 atom stereocenters. The molecule has 0 amide bonds. The summed E-state index contributed by atoms with van der Waals surface area (Å²) in [5.41, 5.74) is 3.27. The normalized spacial score (nSPS) is 12.4. The number of hydrogen-bond donors (Lipinski definition) is 2. The van der Waals surface area contributed by atoms with Crippen molar-refractivity contribution in [1.82, 2.24) is 10.3 Å². The van der Waals surface area contributed by atoms with Crippen molar-refractivity contribution in [3.63, 3.8) is 0 Å². The molecule has 0 saturated heterocycles. The minimum atomic E-state index is -0.536. The molecular weight excluding hydrogens is 284 g/mol. The minimum Gasteiger partial charge on any atom is -0.491 e. The Bertz CT molecular complexity index is 583. The van der Waals surface area contributed by atoms with Crippen molar-refractivity contribution in [2.24, 2.45) is 0 Å². The maximum atomic E-state index is 9.95. The molecule has 5 heteroatoms. The summed E-state index contributed by atoms with van der Waals surface area (Å²) in [6.45, 7) is 7.47. The standard InChI is InChI=1S/C16H22N2O2S/c1-11-4-5-12(2)15(6-11)20-9-14(19)7-17-8-16-18-13(3)10-21-16/h4-6,10,14,17,19H,7-9H2,1-3H3. The fourth-order valence-corrected chi connectivity index (χ4v) is 2.68. The summed E-state index contributed by atoms with van der Waals surface area (Å²) in [4.78, 5) is 4.37. The number of aryl methyl sites for hydroxylation is 3. The van der Waals surface area contributed by atoms with Gasteiger partial charge in [-0.3, -0.25) is 0 Å². The van der Waals surface area contributed by atoms with E-state index in [0.29, 0.717) is 13.1 Å². The second-order valence-corrected chi connectivity index (χ2v) is 6.19. The van der Waals surface area contributed by atoms with Crippen LogP contribution in [0.25, 0.3) is 0 Å². The quantitative estimate of drug-likeness (QED) is 0.825. The summed E-state index contributed by atoms with van der Waals surface area (Å²) >= 11 is 1.63. The summed E-state index contributed by atoms with van der Waals surface area (Å²) < 4.78 is 5.68. The number of rotatable bonds is 7. The van der Waals surface area contributed by atoms with Crippen molar-refractivity contribution in [3.05, 3.63) is 45.4 Å². The van der Waals surface area contributed by atoms with Gasteiger partial charge in [0.25, 0.3) is 0 Å². The minimum absolute atomic E-state index is 0.286. The highest BCUT2D eigenvalue weighted by molar-refractivity contribution is 7.09. The Morgan fingerprint density at radius 3 is 2.86 bits per heavy atom. The molecule has 0 aliphatic carbocycles. The first-order valence-corrected chi connectivity index (χ1v) is 7.92. The lowest BCUT2D eigenvalue weighted by molar-refractivity contribution is 0.106. The number of ether oxygens (including phenoxy) is 1. The van der Waals surface area contributed by atoms with Crippen molar-refractivity contribution in [2.45, 2.75) is 33.4 Å². The summed E-state index contributed by atoms with van der Waals surface area (Å²) in [7, 11) is 0. The summed E-state index contributed by atoms with van der Waals surface area (Å²) in [6, 6.07) is 6.07. The monoisotopic (exact) mass is 306 g/mol. The third kappa shape index (κ3) is 5.12. The van der Waals surface area contributed by atoms with Crippen LogP contribution in [0, 0.1) is 20.8 Å². The molecule has 1 unspecified atom stereocenters. The predicted octanol–water partition coefficient (Wildman–Crippen LogP) is 2.60. The highest BCUT2D eigenvalue weighted by Gasteiger charge is 2.07. The first-order chi connectivity index (χ1) is 10.0. The van der Waals surface area contributed by atoms with Crippen molar-refractivity contribution in [1.29, 1.82) is 0 Å². The van der Waals surface area contributed by atoms with Gasteiger partial charge in [0.05, 0.1) is 0 Å². The highest BCUT2D eigenvalue weighted by Crippen LogP contribution is 2.19. The summed E-state index contributed by atoms with van der Waals surface area (Å²) in [6.07, 6.45) is -0.536. The average Bonchev–Trinajstić information content (AvgIpc) is 2.85. The molecule has 2 N–H and O–H groups in total. The molecule has 2 rings (SSSR count). The fourth-order valence-electron chi connectivity index (χ4n) is 1.94. The van der Waals surface area contributed by atoms with Crippen LogP contribution in [0.4, 0.5) is 0 Å².